The summed E-state index contributed by atoms with van der Waals surface area (Å²) in [5.41, 5.74) is 0. The molecule has 0 amide bonds. The molecule has 0 rings (SSSR count). The topological polar surface area (TPSA) is 78.9 Å². The highest BCUT2D eigenvalue weighted by Gasteiger charge is 2.19. The van der Waals surface area contributed by atoms with E-state index in [1.165, 1.54) is 244 Å². The van der Waals surface area contributed by atoms with Gasteiger partial charge in [0.05, 0.1) is 0 Å². The Bertz CT molecular complexity index is 967. The number of rotatable bonds is 55. The number of unbranched alkanes of at least 4 members (excludes halogenated alkanes) is 44. The van der Waals surface area contributed by atoms with Gasteiger partial charge in [-0.05, 0) is 19.3 Å². The van der Waals surface area contributed by atoms with Gasteiger partial charge in [-0.1, -0.05) is 303 Å². The molecule has 6 heteroatoms. The van der Waals surface area contributed by atoms with Gasteiger partial charge in [-0.25, -0.2) is 0 Å². The Kier molecular flexibility index (Phi) is 53.7. The second-order valence-corrected chi connectivity index (χ2v) is 20.3. The molecule has 1 atom stereocenters. The first-order chi connectivity index (χ1) is 32.0. The van der Waals surface area contributed by atoms with E-state index in [4.69, 9.17) is 14.2 Å². The molecular weight excluding hydrogens is 805 g/mol. The van der Waals surface area contributed by atoms with Gasteiger partial charge in [0.1, 0.15) is 13.2 Å². The van der Waals surface area contributed by atoms with Gasteiger partial charge in [0.15, 0.2) is 6.10 Å². The van der Waals surface area contributed by atoms with E-state index in [0.717, 1.165) is 57.8 Å². The number of carbonyl (C=O) groups is 3. The quantitative estimate of drug-likeness (QED) is 0.0344. The van der Waals surface area contributed by atoms with Gasteiger partial charge in [0.2, 0.25) is 0 Å². The highest BCUT2D eigenvalue weighted by Crippen LogP contribution is 2.18. The number of esters is 3. The standard InChI is InChI=1S/C59H114O6/c1-4-7-10-13-16-18-20-22-24-26-28-29-30-31-33-34-36-38-40-43-46-49-52-58(61)64-55-56(54-63-57(60)51-48-45-42-15-12-9-6-3)65-59(62)53-50-47-44-41-39-37-35-32-27-25-23-21-19-17-14-11-8-5-2/h56H,4-55H2,1-3H3. The molecule has 0 radical (unpaired) electrons. The molecule has 0 aromatic heterocycles. The van der Waals surface area contributed by atoms with Crippen LogP contribution in [0.2, 0.25) is 0 Å². The molecule has 0 aliphatic rings. The Hall–Kier alpha value is -1.59. The molecule has 6 nitrogen and oxygen atoms in total. The van der Waals surface area contributed by atoms with Crippen LogP contribution < -0.4 is 0 Å². The van der Waals surface area contributed by atoms with Crippen LogP contribution in [0.1, 0.15) is 342 Å². The summed E-state index contributed by atoms with van der Waals surface area (Å²) in [4.78, 5) is 37.9. The molecule has 0 saturated heterocycles. The highest BCUT2D eigenvalue weighted by atomic mass is 16.6. The fourth-order valence-corrected chi connectivity index (χ4v) is 9.15. The summed E-state index contributed by atoms with van der Waals surface area (Å²) in [6, 6.07) is 0. The van der Waals surface area contributed by atoms with Gasteiger partial charge >= 0.3 is 17.9 Å². The minimum Gasteiger partial charge on any atom is -0.462 e. The molecule has 0 aliphatic heterocycles. The van der Waals surface area contributed by atoms with Crippen molar-refractivity contribution in [1.29, 1.82) is 0 Å². The van der Waals surface area contributed by atoms with E-state index < -0.39 is 6.10 Å². The average Bonchev–Trinajstić information content (AvgIpc) is 3.30. The molecule has 0 N–H and O–H groups in total. The second kappa shape index (κ2) is 55.0. The van der Waals surface area contributed by atoms with Crippen LogP contribution in [0.4, 0.5) is 0 Å². The van der Waals surface area contributed by atoms with Crippen LogP contribution in [0.15, 0.2) is 0 Å². The van der Waals surface area contributed by atoms with E-state index in [1.807, 2.05) is 0 Å². The van der Waals surface area contributed by atoms with Crippen LogP contribution in [0.3, 0.4) is 0 Å². The first-order valence-corrected chi connectivity index (χ1v) is 29.5. The van der Waals surface area contributed by atoms with Crippen molar-refractivity contribution in [3.63, 3.8) is 0 Å². The number of ether oxygens (including phenoxy) is 3. The zero-order chi connectivity index (χ0) is 47.2. The van der Waals surface area contributed by atoms with Crippen molar-refractivity contribution in [2.24, 2.45) is 0 Å². The number of carbonyl (C=O) groups excluding carboxylic acids is 3. The fourth-order valence-electron chi connectivity index (χ4n) is 9.15. The fraction of sp³-hybridized carbons (Fsp3) is 0.949. The van der Waals surface area contributed by atoms with Crippen LogP contribution in [-0.2, 0) is 28.6 Å². The van der Waals surface area contributed by atoms with Crippen molar-refractivity contribution < 1.29 is 28.6 Å². The van der Waals surface area contributed by atoms with Gasteiger partial charge in [0.25, 0.3) is 0 Å². The SMILES string of the molecule is CCCCCCCCCCCCCCCCCCCCCCCCC(=O)OCC(COC(=O)CCCCCCCCC)OC(=O)CCCCCCCCCCCCCCCCCCCC. The number of hydrogen-bond donors (Lipinski definition) is 0. The van der Waals surface area contributed by atoms with Gasteiger partial charge in [-0.2, -0.15) is 0 Å². The molecule has 0 aromatic rings. The summed E-state index contributed by atoms with van der Waals surface area (Å²) in [6.45, 7) is 6.67. The third kappa shape index (κ3) is 53.2. The minimum atomic E-state index is -0.760. The Morgan fingerprint density at radius 3 is 0.615 bits per heavy atom. The van der Waals surface area contributed by atoms with E-state index >= 15 is 0 Å². The number of hydrogen-bond acceptors (Lipinski definition) is 6. The average molecular weight is 920 g/mol. The summed E-state index contributed by atoms with van der Waals surface area (Å²) >= 11 is 0. The van der Waals surface area contributed by atoms with E-state index in [1.54, 1.807) is 0 Å². The van der Waals surface area contributed by atoms with Crippen molar-refractivity contribution in [2.75, 3.05) is 13.2 Å². The third-order valence-electron chi connectivity index (χ3n) is 13.6. The molecule has 65 heavy (non-hydrogen) atoms. The van der Waals surface area contributed by atoms with E-state index in [2.05, 4.69) is 20.8 Å². The summed E-state index contributed by atoms with van der Waals surface area (Å²) in [7, 11) is 0. The van der Waals surface area contributed by atoms with Crippen molar-refractivity contribution >= 4 is 17.9 Å². The predicted molar refractivity (Wildman–Crippen MR) is 280 cm³/mol. The summed E-state index contributed by atoms with van der Waals surface area (Å²) in [6.07, 6.45) is 61.2. The van der Waals surface area contributed by atoms with Gasteiger partial charge in [-0.3, -0.25) is 14.4 Å². The lowest BCUT2D eigenvalue weighted by Gasteiger charge is -2.18. The zero-order valence-electron chi connectivity index (χ0n) is 44.3. The summed E-state index contributed by atoms with van der Waals surface area (Å²) < 4.78 is 16.8. The smallest absolute Gasteiger partial charge is 0.306 e. The monoisotopic (exact) mass is 919 g/mol. The maximum Gasteiger partial charge on any atom is 0.306 e. The molecule has 0 aliphatic carbocycles. The molecular formula is C59H114O6. The lowest BCUT2D eigenvalue weighted by molar-refractivity contribution is -0.167. The van der Waals surface area contributed by atoms with E-state index in [-0.39, 0.29) is 31.1 Å². The Balaban J connectivity index is 4.09. The van der Waals surface area contributed by atoms with E-state index in [9.17, 15) is 14.4 Å². The molecule has 386 valence electrons. The van der Waals surface area contributed by atoms with Crippen LogP contribution in [0, 0.1) is 0 Å². The summed E-state index contributed by atoms with van der Waals surface area (Å²) in [5.74, 6) is -0.841. The van der Waals surface area contributed by atoms with Crippen molar-refractivity contribution in [2.45, 2.75) is 348 Å². The van der Waals surface area contributed by atoms with Crippen LogP contribution in [-0.4, -0.2) is 37.2 Å². The Labute approximate surface area is 406 Å². The normalized spacial score (nSPS) is 11.9. The first kappa shape index (κ1) is 63.4. The molecule has 0 spiro atoms. The molecule has 1 unspecified atom stereocenters. The molecule has 0 fully saturated rings. The maximum absolute atomic E-state index is 12.8. The van der Waals surface area contributed by atoms with E-state index in [0.29, 0.717) is 19.3 Å². The van der Waals surface area contributed by atoms with Gasteiger partial charge < -0.3 is 14.2 Å². The molecule has 0 bridgehead atoms. The van der Waals surface area contributed by atoms with Crippen LogP contribution >= 0.6 is 0 Å². The Morgan fingerprint density at radius 2 is 0.415 bits per heavy atom. The lowest BCUT2D eigenvalue weighted by Crippen LogP contribution is -2.30. The maximum atomic E-state index is 12.8. The summed E-state index contributed by atoms with van der Waals surface area (Å²) in [5, 5.41) is 0. The predicted octanol–water partition coefficient (Wildman–Crippen LogP) is 19.5. The van der Waals surface area contributed by atoms with Gasteiger partial charge in [0, 0.05) is 19.3 Å². The van der Waals surface area contributed by atoms with Gasteiger partial charge in [-0.15, -0.1) is 0 Å². The highest BCUT2D eigenvalue weighted by molar-refractivity contribution is 5.71. The largest absolute Gasteiger partial charge is 0.462 e. The van der Waals surface area contributed by atoms with Crippen molar-refractivity contribution in [3.05, 3.63) is 0 Å². The van der Waals surface area contributed by atoms with Crippen molar-refractivity contribution in [3.8, 4) is 0 Å². The van der Waals surface area contributed by atoms with Crippen LogP contribution in [0.25, 0.3) is 0 Å². The van der Waals surface area contributed by atoms with Crippen LogP contribution in [0.5, 0.6) is 0 Å². The second-order valence-electron chi connectivity index (χ2n) is 20.3. The third-order valence-corrected chi connectivity index (χ3v) is 13.6. The molecule has 0 aromatic carbocycles. The van der Waals surface area contributed by atoms with Crippen molar-refractivity contribution in [1.82, 2.24) is 0 Å². The first-order valence-electron chi connectivity index (χ1n) is 29.5. The molecule has 0 saturated carbocycles. The minimum absolute atomic E-state index is 0.0618. The Morgan fingerprint density at radius 1 is 0.246 bits per heavy atom. The lowest BCUT2D eigenvalue weighted by atomic mass is 10.0. The molecule has 0 heterocycles. The zero-order valence-corrected chi connectivity index (χ0v) is 44.3.